The zero-order chi connectivity index (χ0) is 20.1. The lowest BCUT2D eigenvalue weighted by molar-refractivity contribution is -0.120. The van der Waals surface area contributed by atoms with E-state index >= 15 is 0 Å². The normalized spacial score (nSPS) is 14.2. The highest BCUT2D eigenvalue weighted by Crippen LogP contribution is 2.21. The number of carbonyl (C=O) groups is 1. The van der Waals surface area contributed by atoms with E-state index in [2.05, 4.69) is 25.2 Å². The fourth-order valence-corrected chi connectivity index (χ4v) is 3.74. The second-order valence-corrected chi connectivity index (χ2v) is 7.39. The topological polar surface area (TPSA) is 83.1 Å². The number of ether oxygens (including phenoxy) is 1. The number of fused-ring (bicyclic) bond motifs is 1. The van der Waals surface area contributed by atoms with Crippen molar-refractivity contribution in [3.05, 3.63) is 47.9 Å². The Balaban J connectivity index is 1.27. The first-order valence-corrected chi connectivity index (χ1v) is 10.2. The van der Waals surface area contributed by atoms with E-state index in [9.17, 15) is 4.79 Å². The summed E-state index contributed by atoms with van der Waals surface area (Å²) in [6.07, 6.45) is 5.91. The maximum absolute atomic E-state index is 12.3. The van der Waals surface area contributed by atoms with Crippen LogP contribution >= 0.6 is 0 Å². The van der Waals surface area contributed by atoms with Gasteiger partial charge in [-0.15, -0.1) is 0 Å². The zero-order valence-electron chi connectivity index (χ0n) is 16.8. The molecule has 1 aliphatic heterocycles. The van der Waals surface area contributed by atoms with Crippen molar-refractivity contribution in [1.29, 1.82) is 0 Å². The van der Waals surface area contributed by atoms with Crippen molar-refractivity contribution >= 4 is 22.6 Å². The van der Waals surface area contributed by atoms with Crippen molar-refractivity contribution in [3.63, 3.8) is 0 Å². The smallest absolute Gasteiger partial charge is 0.224 e. The Morgan fingerprint density at radius 1 is 1.21 bits per heavy atom. The molecule has 0 saturated carbocycles. The van der Waals surface area contributed by atoms with Gasteiger partial charge in [0.15, 0.2) is 0 Å². The SMILES string of the molecule is Cc1nc(OCCNC(=O)Cc2c[nH]c3ccccc23)cc(N2CCCCC2)n1. The van der Waals surface area contributed by atoms with E-state index in [1.165, 1.54) is 19.3 Å². The van der Waals surface area contributed by atoms with Crippen LogP contribution in [0.5, 0.6) is 5.88 Å². The predicted octanol–water partition coefficient (Wildman–Crippen LogP) is 2.99. The Labute approximate surface area is 170 Å². The Hall–Kier alpha value is -3.09. The number of hydrogen-bond acceptors (Lipinski definition) is 5. The molecule has 2 N–H and O–H groups in total. The average Bonchev–Trinajstić information content (AvgIpc) is 3.14. The molecule has 29 heavy (non-hydrogen) atoms. The number of para-hydroxylation sites is 1. The van der Waals surface area contributed by atoms with Crippen molar-refractivity contribution < 1.29 is 9.53 Å². The predicted molar refractivity (Wildman–Crippen MR) is 113 cm³/mol. The number of piperidine rings is 1. The molecule has 0 spiro atoms. The van der Waals surface area contributed by atoms with E-state index in [0.29, 0.717) is 31.3 Å². The maximum Gasteiger partial charge on any atom is 0.224 e. The zero-order valence-corrected chi connectivity index (χ0v) is 16.8. The Morgan fingerprint density at radius 2 is 2.03 bits per heavy atom. The summed E-state index contributed by atoms with van der Waals surface area (Å²) >= 11 is 0. The van der Waals surface area contributed by atoms with E-state index in [4.69, 9.17) is 4.74 Å². The van der Waals surface area contributed by atoms with Crippen LogP contribution in [0.2, 0.25) is 0 Å². The Kier molecular flexibility index (Phi) is 5.93. The molecule has 0 radical (unpaired) electrons. The highest BCUT2D eigenvalue weighted by atomic mass is 16.5. The van der Waals surface area contributed by atoms with Crippen LogP contribution in [-0.4, -0.2) is 47.1 Å². The number of benzene rings is 1. The minimum atomic E-state index is -0.0220. The Bertz CT molecular complexity index is 978. The van der Waals surface area contributed by atoms with E-state index < -0.39 is 0 Å². The standard InChI is InChI=1S/C22H27N5O2/c1-16-25-20(27-10-5-2-6-11-27)14-22(26-16)29-12-9-23-21(28)13-17-15-24-19-8-4-3-7-18(17)19/h3-4,7-8,14-15,24H,2,5-6,9-13H2,1H3,(H,23,28). The van der Waals surface area contributed by atoms with Gasteiger partial charge in [-0.2, -0.15) is 4.98 Å². The van der Waals surface area contributed by atoms with Gasteiger partial charge in [0.1, 0.15) is 18.2 Å². The number of anilines is 1. The summed E-state index contributed by atoms with van der Waals surface area (Å²) in [6, 6.07) is 9.88. The molecule has 1 amide bonds. The molecule has 2 aromatic heterocycles. The molecule has 3 heterocycles. The largest absolute Gasteiger partial charge is 0.476 e. The van der Waals surface area contributed by atoms with Crippen LogP contribution in [0.3, 0.4) is 0 Å². The number of aromatic amines is 1. The van der Waals surface area contributed by atoms with Crippen molar-refractivity contribution in [2.45, 2.75) is 32.6 Å². The molecule has 1 fully saturated rings. The molecule has 0 atom stereocenters. The summed E-state index contributed by atoms with van der Waals surface area (Å²) in [5, 5.41) is 4.00. The number of hydrogen-bond donors (Lipinski definition) is 2. The number of nitrogens with one attached hydrogen (secondary N) is 2. The molecule has 1 aliphatic rings. The fraction of sp³-hybridized carbons (Fsp3) is 0.409. The first-order valence-electron chi connectivity index (χ1n) is 10.2. The van der Waals surface area contributed by atoms with Gasteiger partial charge >= 0.3 is 0 Å². The number of nitrogens with zero attached hydrogens (tertiary/aromatic N) is 3. The lowest BCUT2D eigenvalue weighted by Gasteiger charge is -2.28. The summed E-state index contributed by atoms with van der Waals surface area (Å²) in [5.41, 5.74) is 2.04. The lowest BCUT2D eigenvalue weighted by Crippen LogP contribution is -2.31. The van der Waals surface area contributed by atoms with Crippen LogP contribution in [0, 0.1) is 6.92 Å². The molecule has 0 unspecified atom stereocenters. The average molecular weight is 393 g/mol. The highest BCUT2D eigenvalue weighted by molar-refractivity contribution is 5.88. The lowest BCUT2D eigenvalue weighted by atomic mass is 10.1. The van der Waals surface area contributed by atoms with E-state index in [1.807, 2.05) is 43.5 Å². The number of aryl methyl sites for hydroxylation is 1. The summed E-state index contributed by atoms with van der Waals surface area (Å²) in [4.78, 5) is 26.7. The highest BCUT2D eigenvalue weighted by Gasteiger charge is 2.14. The molecule has 1 aromatic carbocycles. The van der Waals surface area contributed by atoms with Gasteiger partial charge in [0, 0.05) is 36.3 Å². The molecule has 7 heteroatoms. The number of rotatable bonds is 7. The minimum Gasteiger partial charge on any atom is -0.476 e. The molecule has 152 valence electrons. The molecule has 0 bridgehead atoms. The molecular weight excluding hydrogens is 366 g/mol. The van der Waals surface area contributed by atoms with Crippen LogP contribution in [-0.2, 0) is 11.2 Å². The van der Waals surface area contributed by atoms with Crippen LogP contribution in [0.4, 0.5) is 5.82 Å². The summed E-state index contributed by atoms with van der Waals surface area (Å²) < 4.78 is 5.78. The molecule has 4 rings (SSSR count). The molecule has 0 aliphatic carbocycles. The van der Waals surface area contributed by atoms with E-state index in [1.54, 1.807) is 0 Å². The second-order valence-electron chi connectivity index (χ2n) is 7.39. The number of aromatic nitrogens is 3. The van der Waals surface area contributed by atoms with Crippen LogP contribution in [0.15, 0.2) is 36.5 Å². The van der Waals surface area contributed by atoms with Gasteiger partial charge in [0.2, 0.25) is 11.8 Å². The van der Waals surface area contributed by atoms with Gasteiger partial charge in [-0.25, -0.2) is 4.98 Å². The number of carbonyl (C=O) groups excluding carboxylic acids is 1. The van der Waals surface area contributed by atoms with Crippen LogP contribution in [0.25, 0.3) is 10.9 Å². The van der Waals surface area contributed by atoms with Gasteiger partial charge in [-0.1, -0.05) is 18.2 Å². The van der Waals surface area contributed by atoms with Gasteiger partial charge < -0.3 is 19.9 Å². The van der Waals surface area contributed by atoms with E-state index in [0.717, 1.165) is 35.4 Å². The minimum absolute atomic E-state index is 0.0220. The molecular formula is C22H27N5O2. The molecule has 7 nitrogen and oxygen atoms in total. The van der Waals surface area contributed by atoms with Crippen molar-refractivity contribution in [2.75, 3.05) is 31.1 Å². The third kappa shape index (κ3) is 4.85. The van der Waals surface area contributed by atoms with Gasteiger partial charge in [-0.05, 0) is 37.8 Å². The second kappa shape index (κ2) is 8.94. The first-order chi connectivity index (χ1) is 14.2. The van der Waals surface area contributed by atoms with Crippen molar-refractivity contribution in [1.82, 2.24) is 20.3 Å². The van der Waals surface area contributed by atoms with Gasteiger partial charge in [0.05, 0.1) is 13.0 Å². The van der Waals surface area contributed by atoms with Gasteiger partial charge in [-0.3, -0.25) is 4.79 Å². The Morgan fingerprint density at radius 3 is 2.90 bits per heavy atom. The van der Waals surface area contributed by atoms with E-state index in [-0.39, 0.29) is 5.91 Å². The summed E-state index contributed by atoms with van der Waals surface area (Å²) in [6.45, 7) is 4.74. The van der Waals surface area contributed by atoms with Crippen LogP contribution < -0.4 is 15.0 Å². The first kappa shape index (κ1) is 19.2. The fourth-order valence-electron chi connectivity index (χ4n) is 3.74. The molecule has 1 saturated heterocycles. The maximum atomic E-state index is 12.3. The summed E-state index contributed by atoms with van der Waals surface area (Å²) in [5.74, 6) is 2.16. The third-order valence-electron chi connectivity index (χ3n) is 5.18. The monoisotopic (exact) mass is 393 g/mol. The third-order valence-corrected chi connectivity index (χ3v) is 5.18. The van der Waals surface area contributed by atoms with Crippen molar-refractivity contribution in [2.24, 2.45) is 0 Å². The molecule has 3 aromatic rings. The quantitative estimate of drug-likeness (QED) is 0.603. The number of amides is 1. The van der Waals surface area contributed by atoms with Gasteiger partial charge in [0.25, 0.3) is 0 Å². The van der Waals surface area contributed by atoms with Crippen molar-refractivity contribution in [3.8, 4) is 5.88 Å². The summed E-state index contributed by atoms with van der Waals surface area (Å²) in [7, 11) is 0. The number of H-pyrrole nitrogens is 1. The van der Waals surface area contributed by atoms with Crippen LogP contribution in [0.1, 0.15) is 30.7 Å².